The summed E-state index contributed by atoms with van der Waals surface area (Å²) in [6, 6.07) is 6.11. The number of carbonyl (C=O) groups excluding carboxylic acids is 2. The van der Waals surface area contributed by atoms with E-state index in [1.165, 1.54) is 0 Å². The average molecular weight is 320 g/mol. The third-order valence-electron chi connectivity index (χ3n) is 3.81. The summed E-state index contributed by atoms with van der Waals surface area (Å²) in [6.45, 7) is 7.07. The van der Waals surface area contributed by atoms with Crippen LogP contribution in [0.1, 0.15) is 38.3 Å². The Morgan fingerprint density at radius 2 is 1.78 bits per heavy atom. The number of para-hydroxylation sites is 1. The number of carbonyl (C=O) groups is 2. The van der Waals surface area contributed by atoms with Crippen LogP contribution < -0.4 is 10.2 Å². The molecule has 0 heterocycles. The number of methoxy groups -OCH3 is 1. The molecular formula is C18H28N2O3. The maximum absolute atomic E-state index is 12.1. The first kappa shape index (κ1) is 19.2. The lowest BCUT2D eigenvalue weighted by Crippen LogP contribution is -2.35. The fourth-order valence-corrected chi connectivity index (χ4v) is 2.58. The van der Waals surface area contributed by atoms with Gasteiger partial charge in [0.1, 0.15) is 0 Å². The molecule has 5 nitrogen and oxygen atoms in total. The molecule has 0 aliphatic rings. The van der Waals surface area contributed by atoms with E-state index in [0.717, 1.165) is 29.7 Å². The van der Waals surface area contributed by atoms with Crippen molar-refractivity contribution in [3.63, 3.8) is 0 Å². The number of amides is 2. The fraction of sp³-hybridized carbons (Fsp3) is 0.556. The van der Waals surface area contributed by atoms with Gasteiger partial charge in [0.2, 0.25) is 11.8 Å². The molecule has 1 N–H and O–H groups in total. The number of ether oxygens (including phenoxy) is 1. The van der Waals surface area contributed by atoms with Crippen molar-refractivity contribution < 1.29 is 14.3 Å². The summed E-state index contributed by atoms with van der Waals surface area (Å²) in [6.07, 6.45) is 1.99. The van der Waals surface area contributed by atoms with Crippen molar-refractivity contribution in [2.24, 2.45) is 0 Å². The average Bonchev–Trinajstić information content (AvgIpc) is 2.54. The molecule has 0 spiro atoms. The highest BCUT2D eigenvalue weighted by Gasteiger charge is 2.18. The van der Waals surface area contributed by atoms with Crippen LogP contribution in [0.15, 0.2) is 18.2 Å². The van der Waals surface area contributed by atoms with Crippen molar-refractivity contribution in [3.05, 3.63) is 29.3 Å². The van der Waals surface area contributed by atoms with Crippen LogP contribution in [0.4, 0.5) is 5.69 Å². The van der Waals surface area contributed by atoms with Crippen LogP contribution in [0, 0.1) is 0 Å². The van der Waals surface area contributed by atoms with Gasteiger partial charge in [-0.05, 0) is 24.0 Å². The van der Waals surface area contributed by atoms with Crippen LogP contribution >= 0.6 is 0 Å². The topological polar surface area (TPSA) is 58.6 Å². The highest BCUT2D eigenvalue weighted by Crippen LogP contribution is 2.27. The standard InChI is InChI=1S/C18H28N2O3/c1-5-15-8-7-9-16(6-2)18(15)20(14(3)21)12-10-17(22)19-11-13-23-4/h7-9H,5-6,10-13H2,1-4H3,(H,19,22). The first-order valence-electron chi connectivity index (χ1n) is 8.19. The van der Waals surface area contributed by atoms with Gasteiger partial charge in [0, 0.05) is 39.2 Å². The van der Waals surface area contributed by atoms with Gasteiger partial charge in [-0.1, -0.05) is 32.0 Å². The molecule has 1 rings (SSSR count). The van der Waals surface area contributed by atoms with Crippen molar-refractivity contribution in [2.75, 3.05) is 31.7 Å². The summed E-state index contributed by atoms with van der Waals surface area (Å²) in [5.74, 6) is -0.106. The maximum atomic E-state index is 12.1. The third kappa shape index (κ3) is 5.67. The number of hydrogen-bond acceptors (Lipinski definition) is 3. The van der Waals surface area contributed by atoms with Crippen molar-refractivity contribution in [3.8, 4) is 0 Å². The molecule has 0 radical (unpaired) electrons. The Balaban J connectivity index is 2.87. The smallest absolute Gasteiger partial charge is 0.223 e. The highest BCUT2D eigenvalue weighted by atomic mass is 16.5. The number of rotatable bonds is 9. The summed E-state index contributed by atoms with van der Waals surface area (Å²) >= 11 is 0. The Bertz CT molecular complexity index is 507. The minimum atomic E-state index is -0.0691. The Hall–Kier alpha value is -1.88. The lowest BCUT2D eigenvalue weighted by atomic mass is 10.0. The van der Waals surface area contributed by atoms with Crippen LogP contribution in [0.5, 0.6) is 0 Å². The van der Waals surface area contributed by atoms with Crippen molar-refractivity contribution in [1.82, 2.24) is 5.32 Å². The van der Waals surface area contributed by atoms with Crippen molar-refractivity contribution in [1.29, 1.82) is 0 Å². The normalized spacial score (nSPS) is 10.4. The van der Waals surface area contributed by atoms with Crippen LogP contribution in [0.25, 0.3) is 0 Å². The molecule has 23 heavy (non-hydrogen) atoms. The molecule has 0 unspecified atom stereocenters. The van der Waals surface area contributed by atoms with Gasteiger partial charge in [0.25, 0.3) is 0 Å². The first-order chi connectivity index (χ1) is 11.0. The van der Waals surface area contributed by atoms with E-state index < -0.39 is 0 Å². The van der Waals surface area contributed by atoms with E-state index in [0.29, 0.717) is 19.7 Å². The van der Waals surface area contributed by atoms with Gasteiger partial charge in [0.15, 0.2) is 0 Å². The Labute approximate surface area is 139 Å². The summed E-state index contributed by atoms with van der Waals surface area (Å²) in [4.78, 5) is 25.7. The van der Waals surface area contributed by atoms with Gasteiger partial charge < -0.3 is 15.0 Å². The molecular weight excluding hydrogens is 292 g/mol. The molecule has 0 aliphatic heterocycles. The zero-order chi connectivity index (χ0) is 17.2. The van der Waals surface area contributed by atoms with Gasteiger partial charge >= 0.3 is 0 Å². The highest BCUT2D eigenvalue weighted by molar-refractivity contribution is 5.94. The predicted octanol–water partition coefficient (Wildman–Crippen LogP) is 2.32. The third-order valence-corrected chi connectivity index (χ3v) is 3.81. The molecule has 2 amide bonds. The predicted molar refractivity (Wildman–Crippen MR) is 92.7 cm³/mol. The number of nitrogens with one attached hydrogen (secondary N) is 1. The van der Waals surface area contributed by atoms with Crippen molar-refractivity contribution >= 4 is 17.5 Å². The number of anilines is 1. The second-order valence-electron chi connectivity index (χ2n) is 5.40. The molecule has 0 aliphatic carbocycles. The van der Waals surface area contributed by atoms with E-state index in [2.05, 4.69) is 19.2 Å². The second-order valence-corrected chi connectivity index (χ2v) is 5.40. The summed E-state index contributed by atoms with van der Waals surface area (Å²) in [5, 5.41) is 2.78. The molecule has 0 atom stereocenters. The zero-order valence-electron chi connectivity index (χ0n) is 14.6. The second kappa shape index (κ2) is 10.0. The van der Waals surface area contributed by atoms with Gasteiger partial charge in [-0.25, -0.2) is 0 Å². The molecule has 0 saturated heterocycles. The summed E-state index contributed by atoms with van der Waals surface area (Å²) < 4.78 is 4.91. The largest absolute Gasteiger partial charge is 0.383 e. The quantitative estimate of drug-likeness (QED) is 0.710. The van der Waals surface area contributed by atoms with Crippen LogP contribution in [0.3, 0.4) is 0 Å². The van der Waals surface area contributed by atoms with E-state index in [1.807, 2.05) is 18.2 Å². The van der Waals surface area contributed by atoms with Crippen LogP contribution in [-0.2, 0) is 27.2 Å². The van der Waals surface area contributed by atoms with Gasteiger partial charge in [-0.3, -0.25) is 9.59 Å². The van der Waals surface area contributed by atoms with Crippen LogP contribution in [0.2, 0.25) is 0 Å². The Morgan fingerprint density at radius 1 is 1.17 bits per heavy atom. The number of hydrogen-bond donors (Lipinski definition) is 1. The van der Waals surface area contributed by atoms with E-state index >= 15 is 0 Å². The summed E-state index contributed by atoms with van der Waals surface area (Å²) in [5.41, 5.74) is 3.24. The van der Waals surface area contributed by atoms with E-state index in [1.54, 1.807) is 18.9 Å². The van der Waals surface area contributed by atoms with Gasteiger partial charge in [-0.15, -0.1) is 0 Å². The maximum Gasteiger partial charge on any atom is 0.223 e. The molecule has 1 aromatic carbocycles. The SMILES string of the molecule is CCc1cccc(CC)c1N(CCC(=O)NCCOC)C(C)=O. The minimum absolute atomic E-state index is 0.0368. The molecule has 0 saturated carbocycles. The first-order valence-corrected chi connectivity index (χ1v) is 8.19. The fourth-order valence-electron chi connectivity index (χ4n) is 2.58. The monoisotopic (exact) mass is 320 g/mol. The summed E-state index contributed by atoms with van der Waals surface area (Å²) in [7, 11) is 1.59. The minimum Gasteiger partial charge on any atom is -0.383 e. The van der Waals surface area contributed by atoms with Gasteiger partial charge in [-0.2, -0.15) is 0 Å². The molecule has 0 aromatic heterocycles. The van der Waals surface area contributed by atoms with E-state index in [-0.39, 0.29) is 18.2 Å². The van der Waals surface area contributed by atoms with Crippen molar-refractivity contribution in [2.45, 2.75) is 40.0 Å². The molecule has 128 valence electrons. The molecule has 5 heteroatoms. The van der Waals surface area contributed by atoms with Gasteiger partial charge in [0.05, 0.1) is 6.61 Å². The molecule has 1 aromatic rings. The lowest BCUT2D eigenvalue weighted by Gasteiger charge is -2.26. The number of benzene rings is 1. The molecule has 0 bridgehead atoms. The Morgan fingerprint density at radius 3 is 2.26 bits per heavy atom. The van der Waals surface area contributed by atoms with Crippen LogP contribution in [-0.4, -0.2) is 38.6 Å². The van der Waals surface area contributed by atoms with E-state index in [9.17, 15) is 9.59 Å². The van der Waals surface area contributed by atoms with E-state index in [4.69, 9.17) is 4.74 Å². The number of nitrogens with zero attached hydrogens (tertiary/aromatic N) is 1. The zero-order valence-corrected chi connectivity index (χ0v) is 14.6. The Kier molecular flexibility index (Phi) is 8.33. The number of aryl methyl sites for hydroxylation is 2. The lowest BCUT2D eigenvalue weighted by molar-refractivity contribution is -0.121. The molecule has 0 fully saturated rings.